The van der Waals surface area contributed by atoms with Gasteiger partial charge >= 0.3 is 0 Å². The van der Waals surface area contributed by atoms with Crippen LogP contribution in [0.1, 0.15) is 18.7 Å². The first-order chi connectivity index (χ1) is 7.99. The van der Waals surface area contributed by atoms with Crippen molar-refractivity contribution in [2.24, 2.45) is 0 Å². The van der Waals surface area contributed by atoms with Gasteiger partial charge in [-0.05, 0) is 40.1 Å². The zero-order valence-corrected chi connectivity index (χ0v) is 10.8. The number of aromatic nitrogens is 3. The highest BCUT2D eigenvalue weighted by Crippen LogP contribution is 2.21. The lowest BCUT2D eigenvalue weighted by molar-refractivity contribution is 0.342. The third-order valence-corrected chi connectivity index (χ3v) is 2.77. The number of imidazole rings is 1. The Balaban J connectivity index is 2.51. The number of nitrogen functional groups attached to an aromatic ring is 1. The molecular formula is C12H19N5. The van der Waals surface area contributed by atoms with Crippen molar-refractivity contribution in [1.82, 2.24) is 19.4 Å². The van der Waals surface area contributed by atoms with Crippen LogP contribution in [0.2, 0.25) is 0 Å². The number of nitrogens with zero attached hydrogens (tertiary/aromatic N) is 4. The summed E-state index contributed by atoms with van der Waals surface area (Å²) in [5.41, 5.74) is 8.69. The molecule has 0 aromatic carbocycles. The summed E-state index contributed by atoms with van der Waals surface area (Å²) in [7, 11) is 4.09. The lowest BCUT2D eigenvalue weighted by Crippen LogP contribution is -2.23. The second-order valence-electron chi connectivity index (χ2n) is 4.75. The Morgan fingerprint density at radius 3 is 2.71 bits per heavy atom. The molecule has 0 fully saturated rings. The number of pyridine rings is 1. The zero-order chi connectivity index (χ0) is 12.6. The molecule has 0 saturated carbocycles. The second-order valence-corrected chi connectivity index (χ2v) is 4.75. The zero-order valence-electron chi connectivity index (χ0n) is 10.8. The number of fused-ring (bicyclic) bond motifs is 1. The molecule has 0 bridgehead atoms. The predicted octanol–water partition coefficient (Wildman–Crippen LogP) is 1.44. The first-order valence-electron chi connectivity index (χ1n) is 5.75. The molecule has 1 atom stereocenters. The van der Waals surface area contributed by atoms with Crippen LogP contribution in [0, 0.1) is 6.92 Å². The van der Waals surface area contributed by atoms with Gasteiger partial charge in [-0.1, -0.05) is 0 Å². The Kier molecular flexibility index (Phi) is 3.02. The van der Waals surface area contributed by atoms with E-state index in [0.717, 1.165) is 23.4 Å². The van der Waals surface area contributed by atoms with E-state index in [4.69, 9.17) is 5.73 Å². The van der Waals surface area contributed by atoms with Crippen LogP contribution in [0.5, 0.6) is 0 Å². The molecule has 2 aromatic rings. The molecule has 2 aromatic heterocycles. The van der Waals surface area contributed by atoms with Crippen LogP contribution in [0.3, 0.4) is 0 Å². The lowest BCUT2D eigenvalue weighted by Gasteiger charge is -2.19. The molecule has 2 heterocycles. The van der Waals surface area contributed by atoms with Crippen LogP contribution in [0.15, 0.2) is 12.1 Å². The number of likely N-dealkylation sites (N-methyl/N-ethyl adjacent to an activating group) is 1. The molecular weight excluding hydrogens is 214 g/mol. The van der Waals surface area contributed by atoms with Crippen molar-refractivity contribution >= 4 is 17.1 Å². The van der Waals surface area contributed by atoms with Gasteiger partial charge in [0.15, 0.2) is 5.65 Å². The van der Waals surface area contributed by atoms with Crippen molar-refractivity contribution in [1.29, 1.82) is 0 Å². The molecule has 17 heavy (non-hydrogen) atoms. The maximum absolute atomic E-state index is 5.97. The second kappa shape index (κ2) is 4.33. The molecule has 0 radical (unpaired) electrons. The number of hydrogen-bond acceptors (Lipinski definition) is 4. The van der Waals surface area contributed by atoms with Crippen LogP contribution >= 0.6 is 0 Å². The van der Waals surface area contributed by atoms with Crippen molar-refractivity contribution in [3.05, 3.63) is 17.8 Å². The molecule has 0 saturated heterocycles. The Morgan fingerprint density at radius 1 is 1.35 bits per heavy atom. The minimum Gasteiger partial charge on any atom is -0.369 e. The molecule has 92 valence electrons. The van der Waals surface area contributed by atoms with E-state index < -0.39 is 0 Å². The van der Waals surface area contributed by atoms with Gasteiger partial charge in [0.25, 0.3) is 0 Å². The van der Waals surface area contributed by atoms with Crippen molar-refractivity contribution in [2.45, 2.75) is 19.9 Å². The summed E-state index contributed by atoms with van der Waals surface area (Å²) in [5.74, 6) is 0.535. The summed E-state index contributed by atoms with van der Waals surface area (Å²) in [4.78, 5) is 11.0. The average molecular weight is 233 g/mol. The maximum Gasteiger partial charge on any atom is 0.202 e. The third-order valence-electron chi connectivity index (χ3n) is 2.77. The highest BCUT2D eigenvalue weighted by molar-refractivity contribution is 5.74. The molecule has 0 spiro atoms. The van der Waals surface area contributed by atoms with Crippen molar-refractivity contribution in [3.8, 4) is 0 Å². The quantitative estimate of drug-likeness (QED) is 0.871. The molecule has 0 aliphatic carbocycles. The van der Waals surface area contributed by atoms with Crippen LogP contribution in [0.25, 0.3) is 11.2 Å². The average Bonchev–Trinajstić information content (AvgIpc) is 2.52. The van der Waals surface area contributed by atoms with E-state index in [9.17, 15) is 0 Å². The summed E-state index contributed by atoms with van der Waals surface area (Å²) in [6, 6.07) is 4.17. The number of anilines is 1. The summed E-state index contributed by atoms with van der Waals surface area (Å²) < 4.78 is 2.00. The van der Waals surface area contributed by atoms with Gasteiger partial charge in [-0.2, -0.15) is 0 Å². The van der Waals surface area contributed by atoms with E-state index in [-0.39, 0.29) is 6.04 Å². The van der Waals surface area contributed by atoms with E-state index in [1.165, 1.54) is 0 Å². The topological polar surface area (TPSA) is 60.0 Å². The van der Waals surface area contributed by atoms with Crippen molar-refractivity contribution in [2.75, 3.05) is 26.4 Å². The number of aryl methyl sites for hydroxylation is 1. The first-order valence-corrected chi connectivity index (χ1v) is 5.75. The van der Waals surface area contributed by atoms with Crippen LogP contribution in [-0.2, 0) is 0 Å². The summed E-state index contributed by atoms with van der Waals surface area (Å²) >= 11 is 0. The van der Waals surface area contributed by atoms with E-state index >= 15 is 0 Å². The Hall–Kier alpha value is -1.62. The molecule has 5 heteroatoms. The molecule has 2 N–H and O–H groups in total. The number of hydrogen-bond donors (Lipinski definition) is 1. The smallest absolute Gasteiger partial charge is 0.202 e. The molecule has 2 rings (SSSR count). The normalized spacial score (nSPS) is 13.5. The van der Waals surface area contributed by atoms with Gasteiger partial charge in [0, 0.05) is 18.3 Å². The maximum atomic E-state index is 5.97. The molecule has 0 amide bonds. The summed E-state index contributed by atoms with van der Waals surface area (Å²) in [5, 5.41) is 0. The van der Waals surface area contributed by atoms with Gasteiger partial charge in [0.05, 0.1) is 0 Å². The van der Waals surface area contributed by atoms with Crippen LogP contribution in [0.4, 0.5) is 5.95 Å². The number of rotatable bonds is 3. The van der Waals surface area contributed by atoms with Gasteiger partial charge in [-0.15, -0.1) is 0 Å². The monoisotopic (exact) mass is 233 g/mol. The van der Waals surface area contributed by atoms with Gasteiger partial charge in [-0.25, -0.2) is 9.97 Å². The molecule has 1 unspecified atom stereocenters. The summed E-state index contributed by atoms with van der Waals surface area (Å²) in [6.07, 6.45) is 0. The Morgan fingerprint density at radius 2 is 2.06 bits per heavy atom. The van der Waals surface area contributed by atoms with E-state index in [1.54, 1.807) is 0 Å². The fourth-order valence-corrected chi connectivity index (χ4v) is 2.13. The van der Waals surface area contributed by atoms with Gasteiger partial charge in [0.2, 0.25) is 5.95 Å². The third kappa shape index (κ3) is 2.24. The molecule has 0 aliphatic heterocycles. The fourth-order valence-electron chi connectivity index (χ4n) is 2.13. The molecule has 0 aliphatic rings. The van der Waals surface area contributed by atoms with Crippen LogP contribution in [-0.4, -0.2) is 40.1 Å². The summed E-state index contributed by atoms with van der Waals surface area (Å²) in [6.45, 7) is 5.01. The largest absolute Gasteiger partial charge is 0.369 e. The fraction of sp³-hybridized carbons (Fsp3) is 0.500. The Labute approximate surface area is 101 Å². The lowest BCUT2D eigenvalue weighted by atomic mass is 10.3. The van der Waals surface area contributed by atoms with E-state index in [2.05, 4.69) is 21.8 Å². The van der Waals surface area contributed by atoms with Crippen molar-refractivity contribution in [3.63, 3.8) is 0 Å². The highest BCUT2D eigenvalue weighted by atomic mass is 15.2. The van der Waals surface area contributed by atoms with Gasteiger partial charge < -0.3 is 10.6 Å². The van der Waals surface area contributed by atoms with Gasteiger partial charge in [0.1, 0.15) is 5.52 Å². The van der Waals surface area contributed by atoms with E-state index in [1.807, 2.05) is 37.7 Å². The van der Waals surface area contributed by atoms with E-state index in [0.29, 0.717) is 5.95 Å². The standard InChI is InChI=1S/C12H19N5/c1-8-5-6-10-11(14-8)17(12(13)15-10)9(2)7-16(3)4/h5-6,9H,7H2,1-4H3,(H2,13,15). The SMILES string of the molecule is Cc1ccc2nc(N)n(C(C)CN(C)C)c2n1. The highest BCUT2D eigenvalue weighted by Gasteiger charge is 2.15. The van der Waals surface area contributed by atoms with Gasteiger partial charge in [-0.3, -0.25) is 4.57 Å². The van der Waals surface area contributed by atoms with Crippen LogP contribution < -0.4 is 5.73 Å². The van der Waals surface area contributed by atoms with Crippen molar-refractivity contribution < 1.29 is 0 Å². The minimum absolute atomic E-state index is 0.254. The number of nitrogens with two attached hydrogens (primary N) is 1. The molecule has 5 nitrogen and oxygen atoms in total. The first kappa shape index (κ1) is 11.9. The minimum atomic E-state index is 0.254. The predicted molar refractivity (Wildman–Crippen MR) is 69.9 cm³/mol. The Bertz CT molecular complexity index is 529.